The zero-order valence-corrected chi connectivity index (χ0v) is 17.1. The molecule has 158 valence electrons. The number of ether oxygens (including phenoxy) is 2. The number of alkyl halides is 1. The molecule has 0 aliphatic carbocycles. The normalized spacial score (nSPS) is 26.6. The Bertz CT molecular complexity index is 857. The summed E-state index contributed by atoms with van der Waals surface area (Å²) in [6.45, 7) is 4.33. The van der Waals surface area contributed by atoms with Gasteiger partial charge in [-0.05, 0) is 26.8 Å². The largest absolute Gasteiger partial charge is 0.460 e. The van der Waals surface area contributed by atoms with E-state index in [1.165, 1.54) is 11.8 Å². The first-order valence-corrected chi connectivity index (χ1v) is 10.1. The molecule has 3 rings (SSSR count). The van der Waals surface area contributed by atoms with E-state index in [1.807, 2.05) is 0 Å². The highest BCUT2D eigenvalue weighted by Gasteiger charge is 2.54. The van der Waals surface area contributed by atoms with Gasteiger partial charge in [0.15, 0.2) is 0 Å². The lowest BCUT2D eigenvalue weighted by Gasteiger charge is -2.36. The molecule has 0 unspecified atom stereocenters. The number of nitro groups is 1. The molecule has 3 atom stereocenters. The van der Waals surface area contributed by atoms with Gasteiger partial charge >= 0.3 is 5.97 Å². The second-order valence-corrected chi connectivity index (χ2v) is 9.13. The Balaban J connectivity index is 2.02. The van der Waals surface area contributed by atoms with E-state index in [0.717, 1.165) is 18.2 Å². The molecule has 7 nitrogen and oxygen atoms in total. The van der Waals surface area contributed by atoms with Crippen molar-refractivity contribution in [1.29, 1.82) is 0 Å². The van der Waals surface area contributed by atoms with E-state index >= 15 is 0 Å². The lowest BCUT2D eigenvalue weighted by molar-refractivity contribution is -0.385. The number of rotatable bonds is 5. The molecule has 1 aromatic rings. The summed E-state index contributed by atoms with van der Waals surface area (Å²) < 4.78 is 39.1. The topological polar surface area (TPSA) is 91.0 Å². The van der Waals surface area contributed by atoms with Crippen LogP contribution in [0.2, 0.25) is 0 Å². The van der Waals surface area contributed by atoms with E-state index in [2.05, 4.69) is 4.99 Å². The van der Waals surface area contributed by atoms with Gasteiger partial charge < -0.3 is 9.47 Å². The number of hydrogen-bond acceptors (Lipinski definition) is 7. The number of esters is 1. The minimum absolute atomic E-state index is 0.0189. The van der Waals surface area contributed by atoms with Gasteiger partial charge in [0, 0.05) is 29.4 Å². The summed E-state index contributed by atoms with van der Waals surface area (Å²) in [7, 11) is 0. The van der Waals surface area contributed by atoms with Crippen molar-refractivity contribution in [2.45, 2.75) is 44.4 Å². The first kappa shape index (κ1) is 21.6. The van der Waals surface area contributed by atoms with Gasteiger partial charge in [0.25, 0.3) is 5.69 Å². The number of nitrogens with zero attached hydrogens (tertiary/aromatic N) is 2. The minimum atomic E-state index is -1.32. The van der Waals surface area contributed by atoms with Gasteiger partial charge in [0.1, 0.15) is 23.6 Å². The summed E-state index contributed by atoms with van der Waals surface area (Å²) in [6, 6.07) is 3.19. The minimum Gasteiger partial charge on any atom is -0.460 e. The van der Waals surface area contributed by atoms with Crippen molar-refractivity contribution in [3.63, 3.8) is 0 Å². The third-order valence-corrected chi connectivity index (χ3v) is 5.92. The zero-order chi connectivity index (χ0) is 21.4. The van der Waals surface area contributed by atoms with E-state index in [1.54, 1.807) is 20.8 Å². The quantitative estimate of drug-likeness (QED) is 0.403. The molecule has 29 heavy (non-hydrogen) atoms. The lowest BCUT2D eigenvalue weighted by atomic mass is 9.78. The average Bonchev–Trinajstić information content (AvgIpc) is 2.98. The second-order valence-electron chi connectivity index (χ2n) is 8.04. The van der Waals surface area contributed by atoms with Gasteiger partial charge in [-0.3, -0.25) is 19.9 Å². The van der Waals surface area contributed by atoms with Crippen LogP contribution in [0.3, 0.4) is 0 Å². The number of non-ortho nitro benzene ring substituents is 1. The maximum Gasteiger partial charge on any atom is 0.312 e. The van der Waals surface area contributed by atoms with Crippen LogP contribution in [0.1, 0.15) is 32.8 Å². The van der Waals surface area contributed by atoms with Crippen LogP contribution >= 0.6 is 11.8 Å². The van der Waals surface area contributed by atoms with Crippen molar-refractivity contribution in [2.75, 3.05) is 19.0 Å². The van der Waals surface area contributed by atoms with Crippen LogP contribution in [-0.4, -0.2) is 46.7 Å². The molecule has 1 saturated heterocycles. The van der Waals surface area contributed by atoms with Crippen LogP contribution in [0.5, 0.6) is 0 Å². The van der Waals surface area contributed by atoms with E-state index in [0.29, 0.717) is 10.8 Å². The number of fused-ring (bicyclic) bond motifs is 1. The Morgan fingerprint density at radius 3 is 2.83 bits per heavy atom. The fourth-order valence-corrected chi connectivity index (χ4v) is 4.92. The Kier molecular flexibility index (Phi) is 5.96. The summed E-state index contributed by atoms with van der Waals surface area (Å²) >= 11 is 1.27. The van der Waals surface area contributed by atoms with Gasteiger partial charge in [0.2, 0.25) is 0 Å². The number of aliphatic imine (C=N–C) groups is 1. The summed E-state index contributed by atoms with van der Waals surface area (Å²) in [5, 5.41) is 11.6. The molecule has 2 heterocycles. The van der Waals surface area contributed by atoms with Crippen molar-refractivity contribution < 1.29 is 28.0 Å². The Morgan fingerprint density at radius 2 is 2.21 bits per heavy atom. The standard InChI is InChI=1S/C19H22F2N2O5S/c1-18(2,3)28-17(24)7-16-22-19(10-27-15(8-20)13(19)9-29-16)12-6-11(23(25)26)4-5-14(12)21/h4-6,13,15H,7-10H2,1-3H3/t13-,15-,19-/m1/s1. The summed E-state index contributed by atoms with van der Waals surface area (Å²) in [5.41, 5.74) is -2.30. The molecule has 0 saturated carbocycles. The maximum absolute atomic E-state index is 14.8. The Labute approximate surface area is 171 Å². The smallest absolute Gasteiger partial charge is 0.312 e. The fourth-order valence-electron chi connectivity index (χ4n) is 3.61. The number of benzene rings is 1. The van der Waals surface area contributed by atoms with Crippen LogP contribution in [0.25, 0.3) is 0 Å². The first-order valence-electron chi connectivity index (χ1n) is 9.11. The number of halogens is 2. The molecule has 2 aliphatic rings. The first-order chi connectivity index (χ1) is 13.6. The fraction of sp³-hybridized carbons (Fsp3) is 0.579. The van der Waals surface area contributed by atoms with E-state index in [9.17, 15) is 23.7 Å². The third kappa shape index (κ3) is 4.42. The van der Waals surface area contributed by atoms with Crippen molar-refractivity contribution in [3.8, 4) is 0 Å². The van der Waals surface area contributed by atoms with Crippen LogP contribution in [0.4, 0.5) is 14.5 Å². The molecule has 0 bridgehead atoms. The summed E-state index contributed by atoms with van der Waals surface area (Å²) in [6.07, 6.45) is -0.916. The number of thioether (sulfide) groups is 1. The van der Waals surface area contributed by atoms with Crippen molar-refractivity contribution in [1.82, 2.24) is 0 Å². The van der Waals surface area contributed by atoms with Gasteiger partial charge in [-0.15, -0.1) is 11.8 Å². The van der Waals surface area contributed by atoms with Gasteiger partial charge in [-0.2, -0.15) is 0 Å². The molecule has 10 heteroatoms. The van der Waals surface area contributed by atoms with E-state index < -0.39 is 46.5 Å². The second kappa shape index (κ2) is 7.98. The van der Waals surface area contributed by atoms with Crippen LogP contribution in [-0.2, 0) is 19.8 Å². The molecule has 0 spiro atoms. The van der Waals surface area contributed by atoms with Crippen LogP contribution in [0.15, 0.2) is 23.2 Å². The van der Waals surface area contributed by atoms with E-state index in [-0.39, 0.29) is 24.3 Å². The van der Waals surface area contributed by atoms with Crippen LogP contribution in [0, 0.1) is 21.8 Å². The molecule has 0 radical (unpaired) electrons. The highest BCUT2D eigenvalue weighted by atomic mass is 32.2. The van der Waals surface area contributed by atoms with Gasteiger partial charge in [-0.1, -0.05) is 0 Å². The molecular formula is C19H22F2N2O5S. The van der Waals surface area contributed by atoms with Crippen molar-refractivity contribution in [2.24, 2.45) is 10.9 Å². The molecule has 0 aromatic heterocycles. The highest BCUT2D eigenvalue weighted by Crippen LogP contribution is 2.49. The predicted molar refractivity (Wildman–Crippen MR) is 104 cm³/mol. The zero-order valence-electron chi connectivity index (χ0n) is 16.3. The highest BCUT2D eigenvalue weighted by molar-refractivity contribution is 8.14. The SMILES string of the molecule is CC(C)(C)OC(=O)CC1=N[C@@]2(c3cc([N+](=O)[O-])ccc3F)CO[C@H](CF)[C@H]2CS1. The van der Waals surface area contributed by atoms with Gasteiger partial charge in [-0.25, -0.2) is 8.78 Å². The molecule has 2 aliphatic heterocycles. The number of hydrogen-bond donors (Lipinski definition) is 0. The van der Waals surface area contributed by atoms with Crippen molar-refractivity contribution >= 4 is 28.5 Å². The number of nitro benzene ring substituents is 1. The summed E-state index contributed by atoms with van der Waals surface area (Å²) in [4.78, 5) is 27.4. The maximum atomic E-state index is 14.8. The predicted octanol–water partition coefficient (Wildman–Crippen LogP) is 3.79. The Morgan fingerprint density at radius 1 is 1.48 bits per heavy atom. The monoisotopic (exact) mass is 428 g/mol. The Hall–Kier alpha value is -2.07. The molecular weight excluding hydrogens is 406 g/mol. The average molecular weight is 428 g/mol. The third-order valence-electron chi connectivity index (χ3n) is 4.83. The van der Waals surface area contributed by atoms with Crippen LogP contribution < -0.4 is 0 Å². The van der Waals surface area contributed by atoms with Gasteiger partial charge in [0.05, 0.1) is 29.1 Å². The van der Waals surface area contributed by atoms with Crippen molar-refractivity contribution in [3.05, 3.63) is 39.7 Å². The molecule has 1 aromatic carbocycles. The van der Waals surface area contributed by atoms with E-state index in [4.69, 9.17) is 9.47 Å². The molecule has 1 fully saturated rings. The lowest BCUT2D eigenvalue weighted by Crippen LogP contribution is -2.42. The number of carbonyl (C=O) groups excluding carboxylic acids is 1. The molecule has 0 N–H and O–H groups in total. The number of carbonyl (C=O) groups is 1. The molecule has 0 amide bonds. The summed E-state index contributed by atoms with van der Waals surface area (Å²) in [5.74, 6) is -1.34.